The van der Waals surface area contributed by atoms with Crippen LogP contribution in [-0.4, -0.2) is 42.5 Å². The summed E-state index contributed by atoms with van der Waals surface area (Å²) in [7, 11) is 0. The molecule has 0 unspecified atom stereocenters. The average molecular weight is 416 g/mol. The van der Waals surface area contributed by atoms with Crippen molar-refractivity contribution in [3.63, 3.8) is 0 Å². The van der Waals surface area contributed by atoms with E-state index in [9.17, 15) is 65.9 Å². The highest BCUT2D eigenvalue weighted by atomic mass is 19.4. The molecule has 152 valence electrons. The van der Waals surface area contributed by atoms with E-state index in [1.165, 1.54) is 4.74 Å². The fourth-order valence-electron chi connectivity index (χ4n) is 0.930. The molecule has 0 aliphatic carbocycles. The van der Waals surface area contributed by atoms with Crippen molar-refractivity contribution in [3.05, 3.63) is 0 Å². The molecule has 2 nitrogen and oxygen atoms in total. The van der Waals surface area contributed by atoms with Crippen LogP contribution < -0.4 is 0 Å². The standard InChI is InChI=1S/C8H3F15O2/c1-2(9,10)24-7(20,21)8(22,23)25-6(18,19)4(13,14)3(11,12)5(15,16)17/h1H3. The fourth-order valence-corrected chi connectivity index (χ4v) is 0.930. The zero-order chi connectivity index (χ0) is 20.9. The molecule has 0 aliphatic rings. The lowest BCUT2D eigenvalue weighted by atomic mass is 10.1. The quantitative estimate of drug-likeness (QED) is 0.529. The topological polar surface area (TPSA) is 18.5 Å². The van der Waals surface area contributed by atoms with Gasteiger partial charge in [-0.1, -0.05) is 0 Å². The van der Waals surface area contributed by atoms with Gasteiger partial charge in [-0.2, -0.15) is 65.9 Å². The molecule has 0 fully saturated rings. The van der Waals surface area contributed by atoms with Crippen LogP contribution in [0, 0.1) is 0 Å². The molecule has 0 amide bonds. The number of hydrogen-bond donors (Lipinski definition) is 0. The summed E-state index contributed by atoms with van der Waals surface area (Å²) in [4.78, 5) is 0. The molecule has 0 saturated heterocycles. The van der Waals surface area contributed by atoms with Crippen LogP contribution >= 0.6 is 0 Å². The number of ether oxygens (including phenoxy) is 2. The third kappa shape index (κ3) is 4.53. The van der Waals surface area contributed by atoms with Crippen molar-refractivity contribution in [1.29, 1.82) is 0 Å². The summed E-state index contributed by atoms with van der Waals surface area (Å²) in [5, 5.41) is 0. The minimum atomic E-state index is -7.84. The molecule has 25 heavy (non-hydrogen) atoms. The summed E-state index contributed by atoms with van der Waals surface area (Å²) in [5.74, 6) is -15.6. The number of halogens is 15. The molecule has 0 N–H and O–H groups in total. The van der Waals surface area contributed by atoms with Gasteiger partial charge in [0.1, 0.15) is 0 Å². The van der Waals surface area contributed by atoms with Crippen LogP contribution in [0.15, 0.2) is 0 Å². The Morgan fingerprint density at radius 1 is 0.440 bits per heavy atom. The maximum Gasteiger partial charge on any atom is 0.460 e. The highest BCUT2D eigenvalue weighted by molar-refractivity contribution is 4.97. The molecule has 0 rings (SSSR count). The SMILES string of the molecule is CC(F)(F)OC(F)(F)C(F)(F)OC(F)(F)C(F)(F)C(F)(F)C(F)(F)F. The number of rotatable bonds is 7. The van der Waals surface area contributed by atoms with E-state index in [4.69, 9.17) is 0 Å². The lowest BCUT2D eigenvalue weighted by molar-refractivity contribution is -0.541. The molecule has 0 atom stereocenters. The Morgan fingerprint density at radius 3 is 1.04 bits per heavy atom. The van der Waals surface area contributed by atoms with Crippen molar-refractivity contribution in [2.24, 2.45) is 0 Å². The number of alkyl halides is 15. The highest BCUT2D eigenvalue weighted by Gasteiger charge is 2.85. The van der Waals surface area contributed by atoms with Crippen molar-refractivity contribution >= 4 is 0 Å². The van der Waals surface area contributed by atoms with Crippen LogP contribution in [-0.2, 0) is 9.47 Å². The molecule has 0 aromatic rings. The second-order valence-electron chi connectivity index (χ2n) is 4.21. The van der Waals surface area contributed by atoms with Crippen LogP contribution in [0.5, 0.6) is 0 Å². The maximum atomic E-state index is 12.7. The predicted molar refractivity (Wildman–Crippen MR) is 43.6 cm³/mol. The molecule has 0 heterocycles. The smallest absolute Gasteiger partial charge is 0.248 e. The molecule has 17 heteroatoms. The van der Waals surface area contributed by atoms with E-state index in [0.717, 1.165) is 0 Å². The summed E-state index contributed by atoms with van der Waals surface area (Å²) in [5.41, 5.74) is 0. The molecule has 0 radical (unpaired) electrons. The first kappa shape index (κ1) is 23.9. The predicted octanol–water partition coefficient (Wildman–Crippen LogP) is 5.24. The van der Waals surface area contributed by atoms with E-state index in [1.807, 2.05) is 4.74 Å². The Labute approximate surface area is 126 Å². The number of hydrogen-bond acceptors (Lipinski definition) is 2. The first-order chi connectivity index (χ1) is 10.4. The van der Waals surface area contributed by atoms with Gasteiger partial charge in [0, 0.05) is 6.92 Å². The summed E-state index contributed by atoms with van der Waals surface area (Å²) in [6.07, 6.45) is -34.3. The van der Waals surface area contributed by atoms with Gasteiger partial charge in [-0.05, 0) is 0 Å². The van der Waals surface area contributed by atoms with E-state index >= 15 is 0 Å². The molecular weight excluding hydrogens is 413 g/mol. The van der Waals surface area contributed by atoms with Crippen molar-refractivity contribution in [1.82, 2.24) is 0 Å². The maximum absolute atomic E-state index is 12.7. The second-order valence-corrected chi connectivity index (χ2v) is 4.21. The van der Waals surface area contributed by atoms with Crippen LogP contribution in [0.1, 0.15) is 6.92 Å². The van der Waals surface area contributed by atoms with Crippen molar-refractivity contribution < 1.29 is 75.3 Å². The normalized spacial score (nSPS) is 16.3. The Kier molecular flexibility index (Phi) is 5.68. The Hall–Kier alpha value is -1.13. The van der Waals surface area contributed by atoms with Gasteiger partial charge in [0.15, 0.2) is 0 Å². The summed E-state index contributed by atoms with van der Waals surface area (Å²) in [6.45, 7) is -0.651. The van der Waals surface area contributed by atoms with E-state index in [-0.39, 0.29) is 0 Å². The van der Waals surface area contributed by atoms with E-state index < -0.39 is 49.4 Å². The van der Waals surface area contributed by atoms with Gasteiger partial charge in [-0.3, -0.25) is 0 Å². The lowest BCUT2D eigenvalue weighted by Crippen LogP contribution is -2.64. The third-order valence-corrected chi connectivity index (χ3v) is 2.02. The average Bonchev–Trinajstić information content (AvgIpc) is 2.21. The minimum Gasteiger partial charge on any atom is -0.248 e. The molecule has 0 aliphatic heterocycles. The van der Waals surface area contributed by atoms with E-state index in [2.05, 4.69) is 0 Å². The Balaban J connectivity index is 5.83. The van der Waals surface area contributed by atoms with Crippen LogP contribution in [0.2, 0.25) is 0 Å². The highest BCUT2D eigenvalue weighted by Crippen LogP contribution is 2.55. The van der Waals surface area contributed by atoms with E-state index in [1.54, 1.807) is 0 Å². The zero-order valence-electron chi connectivity index (χ0n) is 11.0. The molecule has 0 aromatic carbocycles. The molecule has 0 saturated carbocycles. The van der Waals surface area contributed by atoms with Crippen molar-refractivity contribution in [2.75, 3.05) is 0 Å². The molecule has 0 bridgehead atoms. The van der Waals surface area contributed by atoms with Gasteiger partial charge in [0.05, 0.1) is 0 Å². The fraction of sp³-hybridized carbons (Fsp3) is 1.00. The first-order valence-electron chi connectivity index (χ1n) is 5.15. The van der Waals surface area contributed by atoms with Gasteiger partial charge in [0.25, 0.3) is 0 Å². The Morgan fingerprint density at radius 2 is 0.760 bits per heavy atom. The summed E-state index contributed by atoms with van der Waals surface area (Å²) < 4.78 is 188. The largest absolute Gasteiger partial charge is 0.460 e. The summed E-state index contributed by atoms with van der Waals surface area (Å²) in [6, 6.07) is 0. The van der Waals surface area contributed by atoms with Gasteiger partial charge in [0.2, 0.25) is 0 Å². The van der Waals surface area contributed by atoms with Crippen LogP contribution in [0.4, 0.5) is 65.9 Å². The minimum absolute atomic E-state index is 0.651. The van der Waals surface area contributed by atoms with Crippen LogP contribution in [0.25, 0.3) is 0 Å². The van der Waals surface area contributed by atoms with E-state index in [0.29, 0.717) is 0 Å². The first-order valence-corrected chi connectivity index (χ1v) is 5.15. The molecule has 0 aromatic heterocycles. The summed E-state index contributed by atoms with van der Waals surface area (Å²) >= 11 is 0. The second kappa shape index (κ2) is 5.95. The zero-order valence-corrected chi connectivity index (χ0v) is 11.0. The van der Waals surface area contributed by atoms with Gasteiger partial charge in [-0.25, -0.2) is 9.47 Å². The molecular formula is C8H3F15O2. The van der Waals surface area contributed by atoms with Gasteiger partial charge < -0.3 is 0 Å². The Bertz CT molecular complexity index is 473. The van der Waals surface area contributed by atoms with Crippen molar-refractivity contribution in [2.45, 2.75) is 49.4 Å². The monoisotopic (exact) mass is 416 g/mol. The third-order valence-electron chi connectivity index (χ3n) is 2.02. The molecule has 0 spiro atoms. The van der Waals surface area contributed by atoms with Crippen molar-refractivity contribution in [3.8, 4) is 0 Å². The van der Waals surface area contributed by atoms with Gasteiger partial charge >= 0.3 is 42.5 Å². The lowest BCUT2D eigenvalue weighted by Gasteiger charge is -2.36. The van der Waals surface area contributed by atoms with Gasteiger partial charge in [-0.15, -0.1) is 0 Å². The van der Waals surface area contributed by atoms with Crippen LogP contribution in [0.3, 0.4) is 0 Å².